The van der Waals surface area contributed by atoms with E-state index in [4.69, 9.17) is 28.4 Å². The maximum absolute atomic E-state index is 13.1. The van der Waals surface area contributed by atoms with Gasteiger partial charge in [0.05, 0.1) is 81.8 Å². The van der Waals surface area contributed by atoms with Gasteiger partial charge in [0.25, 0.3) is 5.91 Å². The predicted octanol–water partition coefficient (Wildman–Crippen LogP) is -1.64. The molecule has 1 fully saturated rings. The van der Waals surface area contributed by atoms with Crippen LogP contribution in [0.3, 0.4) is 0 Å². The fourth-order valence-electron chi connectivity index (χ4n) is 4.34. The number of methoxy groups -OCH3 is 6. The molecule has 1 saturated heterocycles. The van der Waals surface area contributed by atoms with Gasteiger partial charge in [-0.05, 0) is 24.3 Å². The Kier molecular flexibility index (Phi) is 11.1. The van der Waals surface area contributed by atoms with Gasteiger partial charge in [-0.1, -0.05) is 0 Å². The minimum absolute atomic E-state index is 0. The van der Waals surface area contributed by atoms with Crippen LogP contribution in [0.5, 0.6) is 34.5 Å². The van der Waals surface area contributed by atoms with Crippen LogP contribution in [0, 0.1) is 0 Å². The summed E-state index contributed by atoms with van der Waals surface area (Å²) in [5.74, 6) is 2.58. The van der Waals surface area contributed by atoms with E-state index in [1.807, 2.05) is 4.90 Å². The number of carbonyl (C=O) groups is 2. The smallest absolute Gasteiger partial charge is 0.254 e. The Hall–Kier alpha value is -3.37. The third-order valence-electron chi connectivity index (χ3n) is 6.36. The highest BCUT2D eigenvalue weighted by molar-refractivity contribution is 5.97. The summed E-state index contributed by atoms with van der Waals surface area (Å²) < 4.78 is 32.1. The number of ether oxygens (including phenoxy) is 6. The number of nitrogens with one attached hydrogen (secondary N) is 1. The predicted molar refractivity (Wildman–Crippen MR) is 133 cm³/mol. The highest BCUT2D eigenvalue weighted by atomic mass is 35.5. The van der Waals surface area contributed by atoms with Gasteiger partial charge in [0.1, 0.15) is 0 Å². The molecule has 2 aromatic rings. The van der Waals surface area contributed by atoms with Crippen molar-refractivity contribution in [3.05, 3.63) is 35.4 Å². The van der Waals surface area contributed by atoms with E-state index in [2.05, 4.69) is 0 Å². The number of ketones is 1. The summed E-state index contributed by atoms with van der Waals surface area (Å²) in [5.41, 5.74) is 0.991. The van der Waals surface area contributed by atoms with Gasteiger partial charge in [0.15, 0.2) is 28.8 Å². The van der Waals surface area contributed by atoms with E-state index in [9.17, 15) is 9.59 Å². The second-order valence-electron chi connectivity index (χ2n) is 8.29. The van der Waals surface area contributed by atoms with Crippen LogP contribution in [-0.4, -0.2) is 92.0 Å². The Balaban J connectivity index is 0.00000481. The summed E-state index contributed by atoms with van der Waals surface area (Å²) in [6.45, 7) is 3.34. The SMILES string of the molecule is COc1cc(C(=O)CC[NH+]2CCN(C(=O)c3cc(OC)c(OC)c(OC)c3)CC2)cc(OC)c1OC.[Cl-]. The van der Waals surface area contributed by atoms with Crippen molar-refractivity contribution in [1.29, 1.82) is 0 Å². The lowest BCUT2D eigenvalue weighted by molar-refractivity contribution is -0.903. The number of benzene rings is 2. The Morgan fingerprint density at radius 2 is 1.11 bits per heavy atom. The van der Waals surface area contributed by atoms with Crippen LogP contribution in [0.4, 0.5) is 0 Å². The monoisotopic (exact) mass is 538 g/mol. The van der Waals surface area contributed by atoms with E-state index in [0.29, 0.717) is 71.7 Å². The number of hydrogen-bond acceptors (Lipinski definition) is 8. The molecular formula is C26H35ClN2O8. The lowest BCUT2D eigenvalue weighted by Crippen LogP contribution is -3.14. The van der Waals surface area contributed by atoms with Gasteiger partial charge in [-0.15, -0.1) is 0 Å². The highest BCUT2D eigenvalue weighted by Crippen LogP contribution is 2.39. The molecule has 10 nitrogen and oxygen atoms in total. The van der Waals surface area contributed by atoms with Crippen molar-refractivity contribution < 1.29 is 55.3 Å². The van der Waals surface area contributed by atoms with Crippen molar-refractivity contribution in [2.24, 2.45) is 0 Å². The Labute approximate surface area is 223 Å². The Morgan fingerprint density at radius 1 is 0.703 bits per heavy atom. The molecule has 0 atom stereocenters. The van der Waals surface area contributed by atoms with E-state index in [0.717, 1.165) is 13.1 Å². The zero-order chi connectivity index (χ0) is 26.2. The summed E-state index contributed by atoms with van der Waals surface area (Å²) in [6, 6.07) is 6.68. The highest BCUT2D eigenvalue weighted by Gasteiger charge is 2.27. The maximum Gasteiger partial charge on any atom is 0.254 e. The van der Waals surface area contributed by atoms with Crippen molar-refractivity contribution in [3.63, 3.8) is 0 Å². The van der Waals surface area contributed by atoms with E-state index < -0.39 is 0 Å². The number of halogens is 1. The number of piperazine rings is 1. The van der Waals surface area contributed by atoms with Crippen molar-refractivity contribution in [1.82, 2.24) is 4.90 Å². The fraction of sp³-hybridized carbons (Fsp3) is 0.462. The molecule has 2 aromatic carbocycles. The van der Waals surface area contributed by atoms with Gasteiger partial charge in [-0.2, -0.15) is 0 Å². The second-order valence-corrected chi connectivity index (χ2v) is 8.29. The molecule has 0 unspecified atom stereocenters. The van der Waals surface area contributed by atoms with Crippen LogP contribution in [0.1, 0.15) is 27.1 Å². The second kappa shape index (κ2) is 13.8. The molecule has 0 bridgehead atoms. The number of amides is 1. The first-order valence-corrected chi connectivity index (χ1v) is 11.7. The molecule has 1 heterocycles. The molecule has 0 aromatic heterocycles. The number of carbonyl (C=O) groups excluding carboxylic acids is 2. The summed E-state index contributed by atoms with van der Waals surface area (Å²) >= 11 is 0. The first-order valence-electron chi connectivity index (χ1n) is 11.7. The number of quaternary nitrogens is 1. The average Bonchev–Trinajstić information content (AvgIpc) is 2.93. The van der Waals surface area contributed by atoms with Gasteiger partial charge in [0.2, 0.25) is 11.5 Å². The van der Waals surface area contributed by atoms with Crippen LogP contribution in [-0.2, 0) is 0 Å². The normalized spacial score (nSPS) is 13.3. The first-order chi connectivity index (χ1) is 17.4. The van der Waals surface area contributed by atoms with Crippen LogP contribution >= 0.6 is 0 Å². The maximum atomic E-state index is 13.1. The van der Waals surface area contributed by atoms with E-state index in [1.54, 1.807) is 24.3 Å². The Bertz CT molecular complexity index is 1040. The summed E-state index contributed by atoms with van der Waals surface area (Å²) in [5, 5.41) is 0. The van der Waals surface area contributed by atoms with Crippen molar-refractivity contribution in [2.45, 2.75) is 6.42 Å². The molecule has 3 rings (SSSR count). The van der Waals surface area contributed by atoms with Crippen molar-refractivity contribution in [2.75, 3.05) is 75.4 Å². The van der Waals surface area contributed by atoms with Crippen molar-refractivity contribution >= 4 is 11.7 Å². The summed E-state index contributed by atoms with van der Waals surface area (Å²) in [4.78, 5) is 29.1. The Morgan fingerprint density at radius 3 is 1.49 bits per heavy atom. The minimum Gasteiger partial charge on any atom is -1.00 e. The third-order valence-corrected chi connectivity index (χ3v) is 6.36. The average molecular weight is 539 g/mol. The van der Waals surface area contributed by atoms with Crippen LogP contribution < -0.4 is 45.7 Å². The number of hydrogen-bond donors (Lipinski definition) is 1. The molecule has 1 aliphatic heterocycles. The van der Waals surface area contributed by atoms with E-state index in [-0.39, 0.29) is 24.1 Å². The zero-order valence-corrected chi connectivity index (χ0v) is 22.9. The van der Waals surface area contributed by atoms with Gasteiger partial charge < -0.3 is 50.6 Å². The minimum atomic E-state index is -0.0956. The summed E-state index contributed by atoms with van der Waals surface area (Å²) in [6.07, 6.45) is 0.370. The van der Waals surface area contributed by atoms with E-state index >= 15 is 0 Å². The van der Waals surface area contributed by atoms with Crippen LogP contribution in [0.2, 0.25) is 0 Å². The first kappa shape index (κ1) is 29.9. The molecule has 1 N–H and O–H groups in total. The standard InChI is InChI=1S/C26H34N2O8.ClH/c1-31-20-13-17(14-21(32-2)24(20)35-5)19(29)7-8-27-9-11-28(12-10-27)26(30)18-15-22(33-3)25(36-6)23(16-18)34-4;/h13-16H,7-12H2,1-6H3;1H. The van der Waals surface area contributed by atoms with Gasteiger partial charge in [-0.25, -0.2) is 0 Å². The molecule has 37 heavy (non-hydrogen) atoms. The van der Waals surface area contributed by atoms with Crippen LogP contribution in [0.25, 0.3) is 0 Å². The van der Waals surface area contributed by atoms with Crippen LogP contribution in [0.15, 0.2) is 24.3 Å². The van der Waals surface area contributed by atoms with Gasteiger partial charge in [0, 0.05) is 11.1 Å². The largest absolute Gasteiger partial charge is 1.00 e. The molecule has 0 radical (unpaired) electrons. The molecule has 0 aliphatic carbocycles. The number of rotatable bonds is 11. The molecule has 0 spiro atoms. The van der Waals surface area contributed by atoms with Crippen molar-refractivity contribution in [3.8, 4) is 34.5 Å². The molecule has 11 heteroatoms. The molecular weight excluding hydrogens is 504 g/mol. The van der Waals surface area contributed by atoms with E-state index in [1.165, 1.54) is 47.6 Å². The fourth-order valence-corrected chi connectivity index (χ4v) is 4.34. The number of Topliss-reactive ketones (excluding diaryl/α,β-unsaturated/α-hetero) is 1. The molecule has 0 saturated carbocycles. The third kappa shape index (κ3) is 6.69. The van der Waals surface area contributed by atoms with Gasteiger partial charge in [-0.3, -0.25) is 9.59 Å². The molecule has 204 valence electrons. The molecule has 1 amide bonds. The number of nitrogens with zero attached hydrogens (tertiary/aromatic N) is 1. The van der Waals surface area contributed by atoms with Gasteiger partial charge >= 0.3 is 0 Å². The quantitative estimate of drug-likeness (QED) is 0.340. The zero-order valence-electron chi connectivity index (χ0n) is 22.1. The molecule has 1 aliphatic rings. The summed E-state index contributed by atoms with van der Waals surface area (Å²) in [7, 11) is 9.14. The lowest BCUT2D eigenvalue weighted by Gasteiger charge is -2.32. The topological polar surface area (TPSA) is 97.2 Å². The lowest BCUT2D eigenvalue weighted by atomic mass is 10.1.